The highest BCUT2D eigenvalue weighted by Crippen LogP contribution is 2.37. The van der Waals surface area contributed by atoms with E-state index in [-0.39, 0.29) is 11.6 Å². The third-order valence-corrected chi connectivity index (χ3v) is 6.60. The third kappa shape index (κ3) is 3.08. The van der Waals surface area contributed by atoms with Crippen LogP contribution in [-0.2, 0) is 13.0 Å². The second kappa shape index (κ2) is 7.06. The van der Waals surface area contributed by atoms with Crippen molar-refractivity contribution in [3.8, 4) is 0 Å². The smallest absolute Gasteiger partial charge is 0.163 e. The summed E-state index contributed by atoms with van der Waals surface area (Å²) in [5.41, 5.74) is 4.86. The Bertz CT molecular complexity index is 1140. The lowest BCUT2D eigenvalue weighted by Gasteiger charge is -2.28. The van der Waals surface area contributed by atoms with Crippen LogP contribution in [0.15, 0.2) is 30.3 Å². The van der Waals surface area contributed by atoms with Crippen molar-refractivity contribution in [3.05, 3.63) is 47.0 Å². The van der Waals surface area contributed by atoms with Crippen molar-refractivity contribution >= 4 is 33.4 Å². The molecule has 0 amide bonds. The number of nitrogens with zero attached hydrogens (tertiary/aromatic N) is 2. The Morgan fingerprint density at radius 2 is 1.83 bits per heavy atom. The van der Waals surface area contributed by atoms with Crippen LogP contribution < -0.4 is 0 Å². The molecule has 0 spiro atoms. The molecule has 29 heavy (non-hydrogen) atoms. The summed E-state index contributed by atoms with van der Waals surface area (Å²) in [6, 6.07) is 9.92. The van der Waals surface area contributed by atoms with E-state index >= 15 is 0 Å². The Hall–Kier alpha value is -2.53. The van der Waals surface area contributed by atoms with Crippen LogP contribution in [0.1, 0.15) is 52.5 Å². The number of aryl methyl sites for hydroxylation is 1. The average Bonchev–Trinajstić information content (AvgIpc) is 3.25. The number of alkyl halides is 1. The minimum atomic E-state index is -0.662. The molecule has 0 bridgehead atoms. The van der Waals surface area contributed by atoms with Gasteiger partial charge in [-0.3, -0.25) is 9.59 Å². The van der Waals surface area contributed by atoms with E-state index in [1.54, 1.807) is 6.92 Å². The summed E-state index contributed by atoms with van der Waals surface area (Å²) in [6.45, 7) is 4.87. The fraction of sp³-hybridized carbons (Fsp3) is 0.417. The minimum absolute atomic E-state index is 0.0468. The van der Waals surface area contributed by atoms with Gasteiger partial charge in [0, 0.05) is 65.5 Å². The van der Waals surface area contributed by atoms with E-state index < -0.39 is 6.17 Å². The van der Waals surface area contributed by atoms with Crippen molar-refractivity contribution in [2.45, 2.75) is 45.3 Å². The van der Waals surface area contributed by atoms with Crippen molar-refractivity contribution < 1.29 is 14.0 Å². The largest absolute Gasteiger partial charge is 0.339 e. The molecule has 5 rings (SSSR count). The number of rotatable bonds is 4. The van der Waals surface area contributed by atoms with Gasteiger partial charge in [0.05, 0.1) is 0 Å². The van der Waals surface area contributed by atoms with Gasteiger partial charge >= 0.3 is 0 Å². The number of fused-ring (bicyclic) bond motifs is 5. The summed E-state index contributed by atoms with van der Waals surface area (Å²) >= 11 is 0. The maximum Gasteiger partial charge on any atom is 0.163 e. The molecule has 0 unspecified atom stereocenters. The molecule has 1 aromatic heterocycles. The Kier molecular flexibility index (Phi) is 4.50. The van der Waals surface area contributed by atoms with Gasteiger partial charge < -0.3 is 9.47 Å². The van der Waals surface area contributed by atoms with E-state index in [1.165, 1.54) is 0 Å². The molecular formula is C24H25FN2O2. The predicted molar refractivity (Wildman–Crippen MR) is 113 cm³/mol. The predicted octanol–water partition coefficient (Wildman–Crippen LogP) is 4.56. The zero-order chi connectivity index (χ0) is 20.1. The molecule has 1 fully saturated rings. The van der Waals surface area contributed by atoms with E-state index in [4.69, 9.17) is 0 Å². The van der Waals surface area contributed by atoms with E-state index in [9.17, 15) is 14.0 Å². The lowest BCUT2D eigenvalue weighted by Crippen LogP contribution is -2.36. The van der Waals surface area contributed by atoms with Crippen molar-refractivity contribution in [1.82, 2.24) is 9.47 Å². The van der Waals surface area contributed by atoms with Crippen LogP contribution in [0.25, 0.3) is 21.8 Å². The van der Waals surface area contributed by atoms with Gasteiger partial charge in [-0.15, -0.1) is 0 Å². The number of likely N-dealkylation sites (tertiary alicyclic amines) is 1. The molecule has 1 aliphatic carbocycles. The lowest BCUT2D eigenvalue weighted by molar-refractivity contribution is 0.0991. The van der Waals surface area contributed by atoms with Gasteiger partial charge in [0.15, 0.2) is 11.6 Å². The second-order valence-corrected chi connectivity index (χ2v) is 8.37. The normalized spacial score (nSPS) is 18.1. The first-order valence-corrected chi connectivity index (χ1v) is 10.5. The number of aromatic nitrogens is 1. The molecule has 0 radical (unpaired) electrons. The topological polar surface area (TPSA) is 42.3 Å². The number of carbonyl (C=O) groups excluding carboxylic acids is 2. The Morgan fingerprint density at radius 3 is 2.59 bits per heavy atom. The van der Waals surface area contributed by atoms with E-state index in [0.717, 1.165) is 65.5 Å². The van der Waals surface area contributed by atoms with Crippen LogP contribution >= 0.6 is 0 Å². The van der Waals surface area contributed by atoms with E-state index in [1.807, 2.05) is 24.3 Å². The van der Waals surface area contributed by atoms with Crippen LogP contribution in [0.5, 0.6) is 0 Å². The molecule has 2 heterocycles. The van der Waals surface area contributed by atoms with Crippen molar-refractivity contribution in [2.75, 3.05) is 19.6 Å². The maximum absolute atomic E-state index is 13.5. The summed E-state index contributed by atoms with van der Waals surface area (Å²) in [5.74, 6) is 0.255. The summed E-state index contributed by atoms with van der Waals surface area (Å²) in [4.78, 5) is 26.6. The fourth-order valence-corrected chi connectivity index (χ4v) is 4.98. The molecular weight excluding hydrogens is 367 g/mol. The zero-order valence-corrected chi connectivity index (χ0v) is 16.7. The number of carbonyl (C=O) groups is 2. The monoisotopic (exact) mass is 392 g/mol. The molecule has 150 valence electrons. The van der Waals surface area contributed by atoms with Gasteiger partial charge in [-0.25, -0.2) is 4.39 Å². The molecule has 5 heteroatoms. The first-order valence-electron chi connectivity index (χ1n) is 10.5. The van der Waals surface area contributed by atoms with Crippen LogP contribution in [0, 0.1) is 0 Å². The third-order valence-electron chi connectivity index (χ3n) is 6.60. The number of piperidine rings is 1. The minimum Gasteiger partial charge on any atom is -0.339 e. The van der Waals surface area contributed by atoms with Gasteiger partial charge in [0.25, 0.3) is 0 Å². The van der Waals surface area contributed by atoms with Crippen LogP contribution in [-0.4, -0.2) is 46.8 Å². The van der Waals surface area contributed by atoms with Crippen molar-refractivity contribution in [1.29, 1.82) is 0 Å². The van der Waals surface area contributed by atoms with Crippen LogP contribution in [0.4, 0.5) is 4.39 Å². The highest BCUT2D eigenvalue weighted by atomic mass is 19.1. The molecule has 2 aromatic carbocycles. The van der Waals surface area contributed by atoms with Gasteiger partial charge in [-0.2, -0.15) is 0 Å². The number of Topliss-reactive ketones (excluding diaryl/α,β-unsaturated/α-hetero) is 2. The summed E-state index contributed by atoms with van der Waals surface area (Å²) in [7, 11) is 0. The molecule has 4 nitrogen and oxygen atoms in total. The lowest BCUT2D eigenvalue weighted by atomic mass is 10.0. The molecule has 0 atom stereocenters. The average molecular weight is 392 g/mol. The zero-order valence-electron chi connectivity index (χ0n) is 16.7. The van der Waals surface area contributed by atoms with E-state index in [2.05, 4.69) is 15.5 Å². The van der Waals surface area contributed by atoms with Crippen LogP contribution in [0.3, 0.4) is 0 Å². The Balaban J connectivity index is 1.62. The summed E-state index contributed by atoms with van der Waals surface area (Å²) < 4.78 is 15.8. The first-order chi connectivity index (χ1) is 14.0. The number of benzene rings is 2. The molecule has 0 saturated carbocycles. The SMILES string of the molecule is CC(=O)c1ccc2c(c1)c1c3c(ccc1n2CCN1CCC(F)CC1)C(=O)CC3. The van der Waals surface area contributed by atoms with Gasteiger partial charge in [0.1, 0.15) is 6.17 Å². The molecule has 3 aromatic rings. The second-order valence-electron chi connectivity index (χ2n) is 8.37. The number of hydrogen-bond donors (Lipinski definition) is 0. The first kappa shape index (κ1) is 18.5. The Labute approximate surface area is 169 Å². The number of halogens is 1. The molecule has 0 N–H and O–H groups in total. The highest BCUT2D eigenvalue weighted by Gasteiger charge is 2.25. The van der Waals surface area contributed by atoms with Gasteiger partial charge in [-0.1, -0.05) is 0 Å². The van der Waals surface area contributed by atoms with Crippen LogP contribution in [0.2, 0.25) is 0 Å². The quantitative estimate of drug-likeness (QED) is 0.611. The van der Waals surface area contributed by atoms with E-state index in [0.29, 0.717) is 24.8 Å². The van der Waals surface area contributed by atoms with Crippen molar-refractivity contribution in [3.63, 3.8) is 0 Å². The van der Waals surface area contributed by atoms with Crippen molar-refractivity contribution in [2.24, 2.45) is 0 Å². The summed E-state index contributed by atoms with van der Waals surface area (Å²) in [5, 5.41) is 2.18. The van der Waals surface area contributed by atoms with Gasteiger partial charge in [0.2, 0.25) is 0 Å². The maximum atomic E-state index is 13.5. The highest BCUT2D eigenvalue weighted by molar-refractivity contribution is 6.16. The number of ketones is 2. The molecule has 2 aliphatic rings. The molecule has 1 aliphatic heterocycles. The fourth-order valence-electron chi connectivity index (χ4n) is 4.98. The standard InChI is InChI=1S/C24H25FN2O2/c1-15(28)16-2-5-21-20(14-16)24-19-4-7-23(29)18(19)3-6-22(24)27(21)13-12-26-10-8-17(25)9-11-26/h2-3,5-6,14,17H,4,7-13H2,1H3. The van der Waals surface area contributed by atoms with Gasteiger partial charge in [-0.05, 0) is 62.1 Å². The summed E-state index contributed by atoms with van der Waals surface area (Å²) in [6.07, 6.45) is 1.89. The number of hydrogen-bond acceptors (Lipinski definition) is 3. The Morgan fingerprint density at radius 1 is 1.07 bits per heavy atom. The molecule has 1 saturated heterocycles.